The van der Waals surface area contributed by atoms with Crippen LogP contribution in [0.25, 0.3) is 0 Å². The van der Waals surface area contributed by atoms with E-state index in [9.17, 15) is 9.18 Å². The first-order valence-electron chi connectivity index (χ1n) is 6.65. The Morgan fingerprint density at radius 3 is 2.63 bits per heavy atom. The molecule has 102 valence electrons. The predicted octanol–water partition coefficient (Wildman–Crippen LogP) is 3.94. The van der Waals surface area contributed by atoms with E-state index in [0.717, 1.165) is 25.7 Å². The molecule has 1 aromatic rings. The second-order valence-electron chi connectivity index (χ2n) is 5.50. The third kappa shape index (κ3) is 2.41. The third-order valence-corrected chi connectivity index (χ3v) is 4.33. The minimum Gasteiger partial charge on any atom is -0.377 e. The number of amides is 1. The van der Waals surface area contributed by atoms with Gasteiger partial charge in [-0.25, -0.2) is 4.39 Å². The number of hydrogen-bond acceptors (Lipinski definition) is 2. The SMILES string of the molecule is O=C1CC2(CCCCC2)Nc2cc(F)c(Cl)cc2N1. The van der Waals surface area contributed by atoms with Crippen LogP contribution < -0.4 is 10.6 Å². The number of benzene rings is 1. The lowest BCUT2D eigenvalue weighted by Crippen LogP contribution is -2.41. The summed E-state index contributed by atoms with van der Waals surface area (Å²) in [6, 6.07) is 2.85. The number of hydrogen-bond donors (Lipinski definition) is 2. The lowest BCUT2D eigenvalue weighted by Gasteiger charge is -2.37. The highest BCUT2D eigenvalue weighted by molar-refractivity contribution is 6.31. The molecule has 0 radical (unpaired) electrons. The smallest absolute Gasteiger partial charge is 0.226 e. The molecule has 0 bridgehead atoms. The van der Waals surface area contributed by atoms with E-state index in [1.165, 1.54) is 18.6 Å². The summed E-state index contributed by atoms with van der Waals surface area (Å²) in [4.78, 5) is 12.0. The normalized spacial score (nSPS) is 21.3. The number of anilines is 2. The molecule has 1 amide bonds. The van der Waals surface area contributed by atoms with Gasteiger partial charge in [0, 0.05) is 18.0 Å². The van der Waals surface area contributed by atoms with Gasteiger partial charge in [-0.15, -0.1) is 0 Å². The molecule has 0 aromatic heterocycles. The molecule has 1 spiro atoms. The number of nitrogens with one attached hydrogen (secondary N) is 2. The molecule has 2 N–H and O–H groups in total. The Morgan fingerprint density at radius 2 is 1.89 bits per heavy atom. The standard InChI is InChI=1S/C14H16ClFN2O/c15-9-6-11-12(7-10(9)16)18-14(8-13(19)17-11)4-2-1-3-5-14/h6-7,18H,1-5,8H2,(H,17,19). The zero-order chi connectivity index (χ0) is 13.5. The molecule has 1 aliphatic carbocycles. The van der Waals surface area contributed by atoms with Crippen LogP contribution in [-0.2, 0) is 4.79 Å². The van der Waals surface area contributed by atoms with Crippen molar-refractivity contribution in [2.75, 3.05) is 10.6 Å². The minimum atomic E-state index is -0.463. The molecular weight excluding hydrogens is 267 g/mol. The Balaban J connectivity index is 2.01. The zero-order valence-electron chi connectivity index (χ0n) is 10.6. The maximum Gasteiger partial charge on any atom is 0.226 e. The van der Waals surface area contributed by atoms with Gasteiger partial charge >= 0.3 is 0 Å². The molecule has 0 unspecified atom stereocenters. The first kappa shape index (κ1) is 12.7. The van der Waals surface area contributed by atoms with E-state index >= 15 is 0 Å². The van der Waals surface area contributed by atoms with Gasteiger partial charge in [-0.3, -0.25) is 4.79 Å². The summed E-state index contributed by atoms with van der Waals surface area (Å²) in [5.41, 5.74) is 0.974. The van der Waals surface area contributed by atoms with Crippen LogP contribution in [0.15, 0.2) is 12.1 Å². The molecule has 2 aliphatic rings. The van der Waals surface area contributed by atoms with Crippen molar-refractivity contribution in [3.8, 4) is 0 Å². The van der Waals surface area contributed by atoms with Crippen molar-refractivity contribution in [3.63, 3.8) is 0 Å². The van der Waals surface area contributed by atoms with Gasteiger partial charge in [0.25, 0.3) is 0 Å². The summed E-state index contributed by atoms with van der Waals surface area (Å²) in [5, 5.41) is 6.23. The first-order valence-corrected chi connectivity index (χ1v) is 7.03. The number of fused-ring (bicyclic) bond motifs is 1. The quantitative estimate of drug-likeness (QED) is 0.757. The van der Waals surface area contributed by atoms with Crippen LogP contribution in [0.3, 0.4) is 0 Å². The summed E-state index contributed by atoms with van der Waals surface area (Å²) in [7, 11) is 0. The van der Waals surface area contributed by atoms with Crippen LogP contribution in [0.5, 0.6) is 0 Å². The Bertz CT molecular complexity index is 526. The number of carbonyl (C=O) groups excluding carboxylic acids is 1. The van der Waals surface area contributed by atoms with Gasteiger partial charge in [0.15, 0.2) is 0 Å². The van der Waals surface area contributed by atoms with E-state index in [2.05, 4.69) is 10.6 Å². The molecule has 19 heavy (non-hydrogen) atoms. The van der Waals surface area contributed by atoms with Gasteiger partial charge in [0.05, 0.1) is 16.4 Å². The maximum atomic E-state index is 13.6. The minimum absolute atomic E-state index is 0.0282. The van der Waals surface area contributed by atoms with Crippen molar-refractivity contribution in [1.29, 1.82) is 0 Å². The van der Waals surface area contributed by atoms with E-state index in [1.54, 1.807) is 0 Å². The zero-order valence-corrected chi connectivity index (χ0v) is 11.3. The second kappa shape index (κ2) is 4.67. The van der Waals surface area contributed by atoms with Gasteiger partial charge in [0.1, 0.15) is 5.82 Å². The average molecular weight is 283 g/mol. The summed E-state index contributed by atoms with van der Waals surface area (Å²) in [6.07, 6.45) is 5.74. The summed E-state index contributed by atoms with van der Waals surface area (Å²) >= 11 is 5.77. The number of halogens is 2. The first-order chi connectivity index (χ1) is 9.08. The second-order valence-corrected chi connectivity index (χ2v) is 5.91. The number of rotatable bonds is 0. The van der Waals surface area contributed by atoms with Gasteiger partial charge < -0.3 is 10.6 Å². The largest absolute Gasteiger partial charge is 0.377 e. The molecule has 0 atom stereocenters. The van der Waals surface area contributed by atoms with Crippen LogP contribution in [0.4, 0.5) is 15.8 Å². The fourth-order valence-electron chi connectivity index (χ4n) is 3.12. The van der Waals surface area contributed by atoms with Crippen LogP contribution in [0.2, 0.25) is 5.02 Å². The van der Waals surface area contributed by atoms with E-state index in [-0.39, 0.29) is 16.5 Å². The van der Waals surface area contributed by atoms with E-state index in [1.807, 2.05) is 0 Å². The maximum absolute atomic E-state index is 13.6. The van der Waals surface area contributed by atoms with Crippen molar-refractivity contribution in [2.45, 2.75) is 44.1 Å². The van der Waals surface area contributed by atoms with Gasteiger partial charge in [0.2, 0.25) is 5.91 Å². The van der Waals surface area contributed by atoms with E-state index in [0.29, 0.717) is 17.8 Å². The fraction of sp³-hybridized carbons (Fsp3) is 0.500. The molecular formula is C14H16ClFN2O. The van der Waals surface area contributed by atoms with Gasteiger partial charge in [-0.2, -0.15) is 0 Å². The van der Waals surface area contributed by atoms with E-state index in [4.69, 9.17) is 11.6 Å². The summed E-state index contributed by atoms with van der Waals surface area (Å²) in [5.74, 6) is -0.495. The topological polar surface area (TPSA) is 41.1 Å². The molecule has 0 saturated heterocycles. The predicted molar refractivity (Wildman–Crippen MR) is 74.1 cm³/mol. The summed E-state index contributed by atoms with van der Waals surface area (Å²) in [6.45, 7) is 0. The lowest BCUT2D eigenvalue weighted by atomic mass is 9.79. The molecule has 1 fully saturated rings. The summed E-state index contributed by atoms with van der Waals surface area (Å²) < 4.78 is 13.6. The van der Waals surface area contributed by atoms with Gasteiger partial charge in [-0.1, -0.05) is 30.9 Å². The van der Waals surface area contributed by atoms with Crippen molar-refractivity contribution >= 4 is 28.9 Å². The monoisotopic (exact) mass is 282 g/mol. The Morgan fingerprint density at radius 1 is 1.16 bits per heavy atom. The molecule has 1 aliphatic heterocycles. The Kier molecular flexibility index (Phi) is 3.13. The molecule has 1 saturated carbocycles. The molecule has 1 heterocycles. The van der Waals surface area contributed by atoms with Crippen molar-refractivity contribution in [3.05, 3.63) is 23.0 Å². The van der Waals surface area contributed by atoms with Crippen LogP contribution in [0.1, 0.15) is 38.5 Å². The van der Waals surface area contributed by atoms with Crippen LogP contribution in [0, 0.1) is 5.82 Å². The average Bonchev–Trinajstić information content (AvgIpc) is 2.47. The van der Waals surface area contributed by atoms with Crippen molar-refractivity contribution in [2.24, 2.45) is 0 Å². The van der Waals surface area contributed by atoms with Crippen LogP contribution >= 0.6 is 11.6 Å². The molecule has 3 nitrogen and oxygen atoms in total. The van der Waals surface area contributed by atoms with Crippen molar-refractivity contribution < 1.29 is 9.18 Å². The number of carbonyl (C=O) groups is 1. The molecule has 5 heteroatoms. The van der Waals surface area contributed by atoms with Crippen molar-refractivity contribution in [1.82, 2.24) is 0 Å². The third-order valence-electron chi connectivity index (χ3n) is 4.04. The molecule has 3 rings (SSSR count). The van der Waals surface area contributed by atoms with E-state index < -0.39 is 5.82 Å². The highest BCUT2D eigenvalue weighted by Crippen LogP contribution is 2.40. The van der Waals surface area contributed by atoms with Gasteiger partial charge in [-0.05, 0) is 18.9 Å². The molecule has 1 aromatic carbocycles. The Labute approximate surface area is 116 Å². The van der Waals surface area contributed by atoms with Crippen LogP contribution in [-0.4, -0.2) is 11.4 Å². The Hall–Kier alpha value is -1.29. The highest BCUT2D eigenvalue weighted by Gasteiger charge is 2.37. The highest BCUT2D eigenvalue weighted by atomic mass is 35.5. The fourth-order valence-corrected chi connectivity index (χ4v) is 3.28. The lowest BCUT2D eigenvalue weighted by molar-refractivity contribution is -0.117.